The van der Waals surface area contributed by atoms with E-state index >= 15 is 0 Å². The Labute approximate surface area is 199 Å². The fourth-order valence-electron chi connectivity index (χ4n) is 6.31. The molecule has 1 saturated heterocycles. The van der Waals surface area contributed by atoms with Gasteiger partial charge in [-0.05, 0) is 0 Å². The largest absolute Gasteiger partial charge is 0.147 e. The van der Waals surface area contributed by atoms with Crippen molar-refractivity contribution in [1.82, 2.24) is 0 Å². The molecule has 0 amide bonds. The molecule has 2 atom stereocenters. The summed E-state index contributed by atoms with van der Waals surface area (Å²) in [7, 11) is 0. The van der Waals surface area contributed by atoms with E-state index in [0.717, 1.165) is 7.35 Å². The molecule has 0 N–H and O–H groups in total. The van der Waals surface area contributed by atoms with E-state index in [1.165, 1.54) is 17.5 Å². The van der Waals surface area contributed by atoms with Crippen molar-refractivity contribution in [3.63, 3.8) is 0 Å². The van der Waals surface area contributed by atoms with E-state index in [1.807, 2.05) is 0 Å². The van der Waals surface area contributed by atoms with Crippen molar-refractivity contribution >= 4 is 37.0 Å². The predicted molar refractivity (Wildman–Crippen MR) is 133 cm³/mol. The monoisotopic (exact) mass is 608 g/mol. The van der Waals surface area contributed by atoms with E-state index in [-0.39, 0.29) is 24.8 Å². The van der Waals surface area contributed by atoms with Crippen molar-refractivity contribution in [2.45, 2.75) is 49.8 Å². The van der Waals surface area contributed by atoms with Crippen molar-refractivity contribution in [3.8, 4) is 0 Å². The van der Waals surface area contributed by atoms with Gasteiger partial charge < -0.3 is 0 Å². The molecular weight excluding hydrogens is 574 g/mol. The molecule has 0 aromatic heterocycles. The van der Waals surface area contributed by atoms with Crippen LogP contribution in [0.1, 0.15) is 63.7 Å². The number of benzene rings is 2. The van der Waals surface area contributed by atoms with Crippen molar-refractivity contribution in [2.75, 3.05) is 0 Å². The molecule has 2 aromatic rings. The van der Waals surface area contributed by atoms with Gasteiger partial charge in [-0.25, -0.2) is 0 Å². The fourth-order valence-corrected chi connectivity index (χ4v) is 30.0. The Morgan fingerprint density at radius 1 is 0.667 bits per heavy atom. The number of allylic oxidation sites excluding steroid dienone is 2. The van der Waals surface area contributed by atoms with Crippen molar-refractivity contribution in [3.05, 3.63) is 81.9 Å². The number of halogens is 2. The third kappa shape index (κ3) is 3.54. The molecule has 5 rings (SSSR count). The normalized spacial score (nSPS) is 23.0. The maximum Gasteiger partial charge on any atom is -0.147 e. The third-order valence-corrected chi connectivity index (χ3v) is 29.8. The molecule has 160 valence electrons. The van der Waals surface area contributed by atoms with Crippen molar-refractivity contribution < 1.29 is 20.0 Å². The summed E-state index contributed by atoms with van der Waals surface area (Å²) in [5.41, 5.74) is 9.91. The summed E-state index contributed by atoms with van der Waals surface area (Å²) in [6, 6.07) is 18.7. The van der Waals surface area contributed by atoms with Gasteiger partial charge in [0, 0.05) is 0 Å². The van der Waals surface area contributed by atoms with E-state index < -0.39 is 20.0 Å². The predicted octanol–water partition coefficient (Wildman–Crippen LogP) is 8.81. The molecule has 0 nitrogen and oxygen atoms in total. The van der Waals surface area contributed by atoms with Gasteiger partial charge in [-0.2, -0.15) is 0 Å². The van der Waals surface area contributed by atoms with Crippen LogP contribution in [-0.2, 0) is 20.0 Å². The number of hydrogen-bond donors (Lipinski definition) is 0. The average molecular weight is 608 g/mol. The summed E-state index contributed by atoms with van der Waals surface area (Å²) in [5, 5.41) is 0. The van der Waals surface area contributed by atoms with E-state index in [9.17, 15) is 0 Å². The minimum atomic E-state index is -2.71. The molecule has 3 heteroatoms. The first-order valence-corrected chi connectivity index (χ1v) is 20.4. The Morgan fingerprint density at radius 2 is 1.07 bits per heavy atom. The summed E-state index contributed by atoms with van der Waals surface area (Å²) < 4.78 is 4.71. The molecule has 2 aromatic carbocycles. The second-order valence-electron chi connectivity index (χ2n) is 9.81. The van der Waals surface area contributed by atoms with Crippen LogP contribution in [-0.4, -0.2) is 0 Å². The smallest absolute Gasteiger partial charge is 0.147 e. The Hall–Kier alpha value is -0.630. The number of rotatable bonds is 4. The summed E-state index contributed by atoms with van der Waals surface area (Å²) in [5.74, 6) is 1.30. The zero-order valence-electron chi connectivity index (χ0n) is 18.5. The molecule has 1 aliphatic heterocycles. The molecule has 30 heavy (non-hydrogen) atoms. The summed E-state index contributed by atoms with van der Waals surface area (Å²) in [6.45, 7) is 9.69. The van der Waals surface area contributed by atoms with Gasteiger partial charge in [0.05, 0.1) is 0 Å². The maximum absolute atomic E-state index is 2.71. The first-order chi connectivity index (χ1) is 13.5. The van der Waals surface area contributed by atoms with E-state index in [1.54, 1.807) is 30.6 Å². The topological polar surface area (TPSA) is 0 Å². The standard InChI is InChI=1S/2C12H13.C3H6.2ClH.Hf/c2*1-9(2)12-7-10-5-3-4-6-11(10)8-12;1-3-2;;;/h2*3-9H,1-2H3;1-3H2;2*1H;. The van der Waals surface area contributed by atoms with Crippen LogP contribution >= 0.6 is 24.8 Å². The van der Waals surface area contributed by atoms with E-state index in [0.29, 0.717) is 11.8 Å². The fraction of sp³-hybridized carbons (Fsp3) is 0.407. The summed E-state index contributed by atoms with van der Waals surface area (Å²) in [6.07, 6.45) is 6.62. The molecule has 0 radical (unpaired) electrons. The van der Waals surface area contributed by atoms with Gasteiger partial charge in [0.1, 0.15) is 0 Å². The van der Waals surface area contributed by atoms with Crippen LogP contribution < -0.4 is 0 Å². The molecule has 1 fully saturated rings. The van der Waals surface area contributed by atoms with Crippen LogP contribution in [0.2, 0.25) is 8.35 Å². The average Bonchev–Trinajstić information content (AvgIpc) is 3.22. The Balaban J connectivity index is 0.00000128. The second-order valence-corrected chi connectivity index (χ2v) is 26.4. The molecular formula is C27H34Cl2Hf. The van der Waals surface area contributed by atoms with Gasteiger partial charge >= 0.3 is 176 Å². The van der Waals surface area contributed by atoms with E-state index in [2.05, 4.69) is 88.4 Å². The summed E-state index contributed by atoms with van der Waals surface area (Å²) >= 11 is -2.71. The molecule has 0 spiro atoms. The van der Waals surface area contributed by atoms with Gasteiger partial charge in [0.15, 0.2) is 0 Å². The van der Waals surface area contributed by atoms with Crippen LogP contribution in [0.3, 0.4) is 0 Å². The van der Waals surface area contributed by atoms with Crippen LogP contribution in [0.25, 0.3) is 12.2 Å². The molecule has 1 heterocycles. The van der Waals surface area contributed by atoms with Crippen molar-refractivity contribution in [1.29, 1.82) is 0 Å². The van der Waals surface area contributed by atoms with Crippen LogP contribution in [0.15, 0.2) is 59.7 Å². The van der Waals surface area contributed by atoms with Crippen LogP contribution in [0, 0.1) is 11.8 Å². The van der Waals surface area contributed by atoms with Gasteiger partial charge in [0.2, 0.25) is 0 Å². The van der Waals surface area contributed by atoms with Gasteiger partial charge in [-0.1, -0.05) is 0 Å². The van der Waals surface area contributed by atoms with E-state index in [4.69, 9.17) is 0 Å². The van der Waals surface area contributed by atoms with Crippen molar-refractivity contribution in [2.24, 2.45) is 11.8 Å². The van der Waals surface area contributed by atoms with Crippen LogP contribution in [0.5, 0.6) is 0 Å². The molecule has 2 aliphatic carbocycles. The molecule has 0 bridgehead atoms. The quantitative estimate of drug-likeness (QED) is 0.305. The maximum atomic E-state index is 2.57. The summed E-state index contributed by atoms with van der Waals surface area (Å²) in [4.78, 5) is 0. The van der Waals surface area contributed by atoms with Gasteiger partial charge in [-0.3, -0.25) is 0 Å². The molecule has 2 unspecified atom stereocenters. The molecule has 3 aliphatic rings. The first-order valence-electron chi connectivity index (χ1n) is 11.1. The zero-order chi connectivity index (χ0) is 19.5. The minimum Gasteiger partial charge on any atom is -0.147 e. The van der Waals surface area contributed by atoms with Gasteiger partial charge in [-0.15, -0.1) is 24.8 Å². The number of fused-ring (bicyclic) bond motifs is 2. The Morgan fingerprint density at radius 3 is 1.40 bits per heavy atom. The SMILES string of the molecule is CC(C)C1=Cc2ccccc2[CH]1[Hf]1([CH]2C(C(C)C)=Cc3ccccc32)[CH2]C[CH2]1.Cl.Cl. The second kappa shape index (κ2) is 9.08. The first kappa shape index (κ1) is 24.0. The van der Waals surface area contributed by atoms with Crippen LogP contribution in [0.4, 0.5) is 0 Å². The third-order valence-electron chi connectivity index (χ3n) is 7.69. The zero-order valence-corrected chi connectivity index (χ0v) is 23.7. The minimum absolute atomic E-state index is 0. The van der Waals surface area contributed by atoms with Gasteiger partial charge in [0.25, 0.3) is 0 Å². The Kier molecular flexibility index (Phi) is 7.27. The number of hydrogen-bond acceptors (Lipinski definition) is 0. The molecule has 0 saturated carbocycles. The Bertz CT molecular complexity index is 906.